The van der Waals surface area contributed by atoms with Gasteiger partial charge in [0, 0.05) is 13.0 Å². The summed E-state index contributed by atoms with van der Waals surface area (Å²) in [5.74, 6) is 0.548. The summed E-state index contributed by atoms with van der Waals surface area (Å²) in [6.07, 6.45) is 0.290. The Morgan fingerprint density at radius 3 is 2.88 bits per heavy atom. The molecule has 2 aliphatic heterocycles. The van der Waals surface area contributed by atoms with Crippen molar-refractivity contribution in [3.8, 4) is 5.75 Å². The van der Waals surface area contributed by atoms with Gasteiger partial charge in [-0.1, -0.05) is 12.1 Å². The minimum atomic E-state index is -0.112. The lowest BCUT2D eigenvalue weighted by molar-refractivity contribution is -0.906. The van der Waals surface area contributed by atoms with Crippen molar-refractivity contribution >= 4 is 17.5 Å². The van der Waals surface area contributed by atoms with Crippen LogP contribution in [0, 0.1) is 0 Å². The molecule has 7 heteroatoms. The maximum absolute atomic E-state index is 12.0. The highest BCUT2D eigenvalue weighted by Crippen LogP contribution is 2.31. The fourth-order valence-electron chi connectivity index (χ4n) is 2.99. The van der Waals surface area contributed by atoms with E-state index in [0.29, 0.717) is 25.3 Å². The zero-order valence-electron chi connectivity index (χ0n) is 13.8. The van der Waals surface area contributed by atoms with Crippen LogP contribution in [0.1, 0.15) is 6.42 Å². The fraction of sp³-hybridized carbons (Fsp3) is 0.529. The lowest BCUT2D eigenvalue weighted by Gasteiger charge is -2.29. The molecule has 2 N–H and O–H groups in total. The molecule has 0 atom stereocenters. The van der Waals surface area contributed by atoms with Gasteiger partial charge in [-0.25, -0.2) is 0 Å². The second kappa shape index (κ2) is 8.12. The number of ether oxygens (including phenoxy) is 2. The number of quaternary nitrogens is 1. The number of morpholine rings is 1. The van der Waals surface area contributed by atoms with E-state index in [1.807, 2.05) is 24.3 Å². The Morgan fingerprint density at radius 2 is 2.04 bits per heavy atom. The van der Waals surface area contributed by atoms with E-state index >= 15 is 0 Å². The molecular formula is C17H24N3O4+. The largest absolute Gasteiger partial charge is 0.482 e. The first kappa shape index (κ1) is 16.7. The van der Waals surface area contributed by atoms with Crippen LogP contribution in [-0.4, -0.2) is 64.4 Å². The third-order valence-corrected chi connectivity index (χ3v) is 4.37. The van der Waals surface area contributed by atoms with Crippen LogP contribution in [0.3, 0.4) is 0 Å². The molecule has 1 aromatic carbocycles. The van der Waals surface area contributed by atoms with Crippen LogP contribution < -0.4 is 19.9 Å². The number of anilines is 1. The average molecular weight is 334 g/mol. The molecular weight excluding hydrogens is 310 g/mol. The standard InChI is InChI=1S/C17H23N3O4/c21-16(18-6-8-19-9-11-23-12-10-19)5-7-20-14-3-1-2-4-15(14)24-13-17(20)22/h1-4H,5-13H2,(H,18,21)/p+1. The zero-order chi connectivity index (χ0) is 16.8. The smallest absolute Gasteiger partial charge is 0.265 e. The Bertz CT molecular complexity index is 587. The summed E-state index contributed by atoms with van der Waals surface area (Å²) >= 11 is 0. The summed E-state index contributed by atoms with van der Waals surface area (Å²) in [5, 5.41) is 2.94. The van der Waals surface area contributed by atoms with Crippen molar-refractivity contribution in [1.82, 2.24) is 5.32 Å². The molecule has 1 saturated heterocycles. The number of amides is 2. The molecule has 130 valence electrons. The maximum Gasteiger partial charge on any atom is 0.265 e. The van der Waals surface area contributed by atoms with Gasteiger partial charge in [-0.15, -0.1) is 0 Å². The molecule has 0 aromatic heterocycles. The van der Waals surface area contributed by atoms with E-state index in [0.717, 1.165) is 38.5 Å². The van der Waals surface area contributed by atoms with E-state index in [1.165, 1.54) is 4.90 Å². The normalized spacial score (nSPS) is 18.0. The molecule has 0 aliphatic carbocycles. The molecule has 1 aromatic rings. The Kier molecular flexibility index (Phi) is 5.66. The maximum atomic E-state index is 12.0. The number of nitrogens with one attached hydrogen (secondary N) is 2. The van der Waals surface area contributed by atoms with Gasteiger partial charge in [-0.2, -0.15) is 0 Å². The predicted molar refractivity (Wildman–Crippen MR) is 88.3 cm³/mol. The zero-order valence-corrected chi connectivity index (χ0v) is 13.8. The number of fused-ring (bicyclic) bond motifs is 1. The van der Waals surface area contributed by atoms with Crippen molar-refractivity contribution in [3.63, 3.8) is 0 Å². The average Bonchev–Trinajstić information content (AvgIpc) is 2.62. The van der Waals surface area contributed by atoms with E-state index in [4.69, 9.17) is 9.47 Å². The summed E-state index contributed by atoms with van der Waals surface area (Å²) in [7, 11) is 0. The number of nitrogens with zero attached hydrogens (tertiary/aromatic N) is 1. The monoisotopic (exact) mass is 334 g/mol. The van der Waals surface area contributed by atoms with Gasteiger partial charge in [0.05, 0.1) is 32.0 Å². The number of benzene rings is 1. The van der Waals surface area contributed by atoms with Gasteiger partial charge < -0.3 is 24.6 Å². The molecule has 2 amide bonds. The van der Waals surface area contributed by atoms with E-state index in [-0.39, 0.29) is 18.4 Å². The first-order valence-corrected chi connectivity index (χ1v) is 8.44. The van der Waals surface area contributed by atoms with Crippen molar-refractivity contribution in [2.24, 2.45) is 0 Å². The topological polar surface area (TPSA) is 72.3 Å². The minimum Gasteiger partial charge on any atom is -0.482 e. The third kappa shape index (κ3) is 4.24. The summed E-state index contributed by atoms with van der Waals surface area (Å²) < 4.78 is 10.7. The number of hydrogen-bond acceptors (Lipinski definition) is 4. The molecule has 1 fully saturated rings. The first-order chi connectivity index (χ1) is 11.7. The number of carbonyl (C=O) groups excluding carboxylic acids is 2. The number of hydrogen-bond donors (Lipinski definition) is 2. The van der Waals surface area contributed by atoms with Crippen molar-refractivity contribution in [2.75, 3.05) is 57.4 Å². The molecule has 2 heterocycles. The number of para-hydroxylation sites is 2. The van der Waals surface area contributed by atoms with Gasteiger partial charge in [-0.05, 0) is 12.1 Å². The van der Waals surface area contributed by atoms with E-state index < -0.39 is 0 Å². The van der Waals surface area contributed by atoms with E-state index in [9.17, 15) is 9.59 Å². The van der Waals surface area contributed by atoms with Crippen LogP contribution in [0.5, 0.6) is 5.75 Å². The van der Waals surface area contributed by atoms with Crippen molar-refractivity contribution in [1.29, 1.82) is 0 Å². The van der Waals surface area contributed by atoms with E-state index in [2.05, 4.69) is 5.32 Å². The van der Waals surface area contributed by atoms with Gasteiger partial charge in [0.15, 0.2) is 6.61 Å². The number of carbonyl (C=O) groups is 2. The number of rotatable bonds is 6. The summed E-state index contributed by atoms with van der Waals surface area (Å²) in [6, 6.07) is 7.40. The second-order valence-electron chi connectivity index (χ2n) is 6.01. The van der Waals surface area contributed by atoms with Crippen LogP contribution in [-0.2, 0) is 14.3 Å². The molecule has 2 aliphatic rings. The first-order valence-electron chi connectivity index (χ1n) is 8.44. The Labute approximate surface area is 141 Å². The molecule has 0 unspecified atom stereocenters. The molecule has 24 heavy (non-hydrogen) atoms. The Morgan fingerprint density at radius 1 is 1.25 bits per heavy atom. The van der Waals surface area contributed by atoms with Gasteiger partial charge in [-0.3, -0.25) is 9.59 Å². The lowest BCUT2D eigenvalue weighted by atomic mass is 10.2. The highest BCUT2D eigenvalue weighted by molar-refractivity contribution is 5.98. The molecule has 0 radical (unpaired) electrons. The SMILES string of the molecule is O=C(CCN1C(=O)COc2ccccc21)NCC[NH+]1CCOCC1. The molecule has 7 nitrogen and oxygen atoms in total. The second-order valence-corrected chi connectivity index (χ2v) is 6.01. The summed E-state index contributed by atoms with van der Waals surface area (Å²) in [5.41, 5.74) is 0.735. The van der Waals surface area contributed by atoms with Crippen LogP contribution in [0.4, 0.5) is 5.69 Å². The van der Waals surface area contributed by atoms with Crippen molar-refractivity contribution in [3.05, 3.63) is 24.3 Å². The third-order valence-electron chi connectivity index (χ3n) is 4.37. The van der Waals surface area contributed by atoms with Crippen LogP contribution >= 0.6 is 0 Å². The molecule has 0 saturated carbocycles. The van der Waals surface area contributed by atoms with Crippen molar-refractivity contribution in [2.45, 2.75) is 6.42 Å². The molecule has 0 bridgehead atoms. The van der Waals surface area contributed by atoms with Gasteiger partial charge in [0.25, 0.3) is 5.91 Å². The highest BCUT2D eigenvalue weighted by Gasteiger charge is 2.25. The van der Waals surface area contributed by atoms with Gasteiger partial charge in [0.1, 0.15) is 18.8 Å². The van der Waals surface area contributed by atoms with Crippen LogP contribution in [0.25, 0.3) is 0 Å². The summed E-state index contributed by atoms with van der Waals surface area (Å²) in [4.78, 5) is 27.2. The lowest BCUT2D eigenvalue weighted by Crippen LogP contribution is -3.14. The van der Waals surface area contributed by atoms with Crippen molar-refractivity contribution < 1.29 is 24.0 Å². The van der Waals surface area contributed by atoms with E-state index in [1.54, 1.807) is 4.90 Å². The molecule has 0 spiro atoms. The van der Waals surface area contributed by atoms with Crippen LogP contribution in [0.15, 0.2) is 24.3 Å². The van der Waals surface area contributed by atoms with Gasteiger partial charge >= 0.3 is 0 Å². The predicted octanol–water partition coefficient (Wildman–Crippen LogP) is -1.17. The van der Waals surface area contributed by atoms with Gasteiger partial charge in [0.2, 0.25) is 5.91 Å². The Balaban J connectivity index is 1.43. The van der Waals surface area contributed by atoms with Crippen LogP contribution in [0.2, 0.25) is 0 Å². The highest BCUT2D eigenvalue weighted by atomic mass is 16.5. The Hall–Kier alpha value is -2.12. The minimum absolute atomic E-state index is 0.0268. The summed E-state index contributed by atoms with van der Waals surface area (Å²) in [6.45, 7) is 5.54. The molecule has 3 rings (SSSR count). The quantitative estimate of drug-likeness (QED) is 0.688. The fourth-order valence-corrected chi connectivity index (χ4v) is 2.99.